The smallest absolute Gasteiger partial charge is 0.262 e. The van der Waals surface area contributed by atoms with Crippen LogP contribution in [0.4, 0.5) is 10.8 Å². The van der Waals surface area contributed by atoms with Gasteiger partial charge in [-0.05, 0) is 49.2 Å². The number of nitrogens with one attached hydrogen (secondary N) is 2. The molecule has 3 aromatic rings. The summed E-state index contributed by atoms with van der Waals surface area (Å²) in [7, 11) is 0. The van der Waals surface area contributed by atoms with Crippen LogP contribution in [0.1, 0.15) is 34.1 Å². The molecule has 2 N–H and O–H groups in total. The number of hydrogen-bond acceptors (Lipinski definition) is 6. The summed E-state index contributed by atoms with van der Waals surface area (Å²) < 4.78 is 6.51. The SMILES string of the molecule is O=C(COc1ccccc1C(=O)Nc1nnc(C2CC2)s1)Nc1ccc(Br)cc1. The van der Waals surface area contributed by atoms with Crippen molar-refractivity contribution in [3.63, 3.8) is 0 Å². The average molecular weight is 473 g/mol. The quantitative estimate of drug-likeness (QED) is 0.529. The first-order valence-corrected chi connectivity index (χ1v) is 10.6. The Kier molecular flexibility index (Phi) is 5.86. The number of carbonyl (C=O) groups is 2. The number of benzene rings is 2. The van der Waals surface area contributed by atoms with Gasteiger partial charge in [-0.2, -0.15) is 0 Å². The number of aromatic nitrogens is 2. The highest BCUT2D eigenvalue weighted by atomic mass is 79.9. The molecule has 1 fully saturated rings. The van der Waals surface area contributed by atoms with Crippen molar-refractivity contribution in [3.05, 3.63) is 63.6 Å². The molecule has 2 amide bonds. The Morgan fingerprint density at radius 3 is 2.59 bits per heavy atom. The summed E-state index contributed by atoms with van der Waals surface area (Å²) in [6, 6.07) is 14.0. The van der Waals surface area contributed by atoms with Crippen molar-refractivity contribution < 1.29 is 14.3 Å². The van der Waals surface area contributed by atoms with Gasteiger partial charge < -0.3 is 10.1 Å². The Morgan fingerprint density at radius 2 is 1.83 bits per heavy atom. The number of ether oxygens (including phenoxy) is 1. The van der Waals surface area contributed by atoms with Gasteiger partial charge in [-0.3, -0.25) is 14.9 Å². The Morgan fingerprint density at radius 1 is 1.07 bits per heavy atom. The minimum Gasteiger partial charge on any atom is -0.483 e. The lowest BCUT2D eigenvalue weighted by molar-refractivity contribution is -0.118. The Bertz CT molecular complexity index is 1030. The maximum atomic E-state index is 12.6. The third-order valence-electron chi connectivity index (χ3n) is 4.21. The summed E-state index contributed by atoms with van der Waals surface area (Å²) >= 11 is 4.74. The molecule has 29 heavy (non-hydrogen) atoms. The van der Waals surface area contributed by atoms with Crippen LogP contribution in [-0.4, -0.2) is 28.6 Å². The molecule has 0 bridgehead atoms. The van der Waals surface area contributed by atoms with Crippen molar-refractivity contribution in [2.24, 2.45) is 0 Å². The molecule has 1 heterocycles. The molecule has 0 radical (unpaired) electrons. The van der Waals surface area contributed by atoms with Gasteiger partial charge in [-0.1, -0.05) is 39.4 Å². The highest BCUT2D eigenvalue weighted by Gasteiger charge is 2.28. The van der Waals surface area contributed by atoms with Gasteiger partial charge in [-0.15, -0.1) is 10.2 Å². The third kappa shape index (κ3) is 5.18. The average Bonchev–Trinajstić information content (AvgIpc) is 3.47. The van der Waals surface area contributed by atoms with Crippen LogP contribution in [-0.2, 0) is 4.79 Å². The van der Waals surface area contributed by atoms with E-state index in [-0.39, 0.29) is 18.4 Å². The molecule has 1 aliphatic rings. The molecule has 0 aliphatic heterocycles. The largest absolute Gasteiger partial charge is 0.483 e. The molecule has 1 aliphatic carbocycles. The van der Waals surface area contributed by atoms with Gasteiger partial charge in [-0.25, -0.2) is 0 Å². The fraction of sp³-hybridized carbons (Fsp3) is 0.200. The topological polar surface area (TPSA) is 93.2 Å². The van der Waals surface area contributed by atoms with E-state index in [4.69, 9.17) is 4.74 Å². The Balaban J connectivity index is 1.37. The normalized spacial score (nSPS) is 13.0. The zero-order valence-corrected chi connectivity index (χ0v) is 17.6. The van der Waals surface area contributed by atoms with Crippen molar-refractivity contribution in [2.45, 2.75) is 18.8 Å². The maximum Gasteiger partial charge on any atom is 0.262 e. The fourth-order valence-electron chi connectivity index (χ4n) is 2.60. The van der Waals surface area contributed by atoms with Gasteiger partial charge in [0.25, 0.3) is 11.8 Å². The van der Waals surface area contributed by atoms with E-state index in [2.05, 4.69) is 36.8 Å². The predicted molar refractivity (Wildman–Crippen MR) is 115 cm³/mol. The van der Waals surface area contributed by atoms with E-state index >= 15 is 0 Å². The molecule has 1 saturated carbocycles. The van der Waals surface area contributed by atoms with Crippen LogP contribution in [0.2, 0.25) is 0 Å². The summed E-state index contributed by atoms with van der Waals surface area (Å²) in [5.41, 5.74) is 0.989. The summed E-state index contributed by atoms with van der Waals surface area (Å²) in [6.07, 6.45) is 2.25. The summed E-state index contributed by atoms with van der Waals surface area (Å²) in [5, 5.41) is 15.1. The van der Waals surface area contributed by atoms with Crippen molar-refractivity contribution in [3.8, 4) is 5.75 Å². The van der Waals surface area contributed by atoms with Crippen molar-refractivity contribution >= 4 is 49.9 Å². The van der Waals surface area contributed by atoms with Gasteiger partial charge >= 0.3 is 0 Å². The molecular formula is C20H17BrN4O3S. The number of rotatable bonds is 7. The zero-order chi connectivity index (χ0) is 20.2. The fourth-order valence-corrected chi connectivity index (χ4v) is 3.77. The number of amides is 2. The highest BCUT2D eigenvalue weighted by Crippen LogP contribution is 2.42. The number of carbonyl (C=O) groups excluding carboxylic acids is 2. The lowest BCUT2D eigenvalue weighted by Crippen LogP contribution is -2.21. The maximum absolute atomic E-state index is 12.6. The van der Waals surface area contributed by atoms with Crippen LogP contribution >= 0.6 is 27.3 Å². The first-order valence-electron chi connectivity index (χ1n) is 9.00. The number of para-hydroxylation sites is 1. The second-order valence-electron chi connectivity index (χ2n) is 6.51. The van der Waals surface area contributed by atoms with Crippen LogP contribution in [0.3, 0.4) is 0 Å². The molecular weight excluding hydrogens is 456 g/mol. The Labute approximate surface area is 179 Å². The van der Waals surface area contributed by atoms with Crippen LogP contribution in [0.5, 0.6) is 5.75 Å². The molecule has 0 saturated heterocycles. The molecule has 148 valence electrons. The molecule has 0 spiro atoms. The van der Waals surface area contributed by atoms with E-state index in [0.29, 0.717) is 28.0 Å². The second-order valence-corrected chi connectivity index (χ2v) is 8.44. The lowest BCUT2D eigenvalue weighted by atomic mass is 10.2. The molecule has 0 unspecified atom stereocenters. The summed E-state index contributed by atoms with van der Waals surface area (Å²) in [6.45, 7) is -0.217. The van der Waals surface area contributed by atoms with E-state index in [1.54, 1.807) is 36.4 Å². The van der Waals surface area contributed by atoms with Crippen LogP contribution < -0.4 is 15.4 Å². The number of halogens is 1. The summed E-state index contributed by atoms with van der Waals surface area (Å²) in [5.74, 6) is 0.133. The second kappa shape index (κ2) is 8.71. The Hall–Kier alpha value is -2.78. The predicted octanol–water partition coefficient (Wildman–Crippen LogP) is 4.45. The molecule has 2 aromatic carbocycles. The van der Waals surface area contributed by atoms with Gasteiger partial charge in [0.1, 0.15) is 10.8 Å². The number of anilines is 2. The van der Waals surface area contributed by atoms with E-state index in [9.17, 15) is 9.59 Å². The monoisotopic (exact) mass is 472 g/mol. The van der Waals surface area contributed by atoms with E-state index < -0.39 is 0 Å². The van der Waals surface area contributed by atoms with E-state index in [1.165, 1.54) is 11.3 Å². The first-order chi connectivity index (χ1) is 14.1. The first kappa shape index (κ1) is 19.5. The van der Waals surface area contributed by atoms with Gasteiger partial charge in [0.05, 0.1) is 5.56 Å². The molecule has 1 aromatic heterocycles. The van der Waals surface area contributed by atoms with E-state index in [1.807, 2.05) is 12.1 Å². The summed E-state index contributed by atoms with van der Waals surface area (Å²) in [4.78, 5) is 24.8. The molecule has 7 nitrogen and oxygen atoms in total. The van der Waals surface area contributed by atoms with Crippen molar-refractivity contribution in [2.75, 3.05) is 17.2 Å². The minimum atomic E-state index is -0.354. The number of hydrogen-bond donors (Lipinski definition) is 2. The molecule has 4 rings (SSSR count). The van der Waals surface area contributed by atoms with Crippen LogP contribution in [0, 0.1) is 0 Å². The van der Waals surface area contributed by atoms with Crippen LogP contribution in [0.15, 0.2) is 53.0 Å². The molecule has 9 heteroatoms. The van der Waals surface area contributed by atoms with Crippen molar-refractivity contribution in [1.82, 2.24) is 10.2 Å². The lowest BCUT2D eigenvalue weighted by Gasteiger charge is -2.11. The minimum absolute atomic E-state index is 0.217. The van der Waals surface area contributed by atoms with Gasteiger partial charge in [0.15, 0.2) is 6.61 Å². The molecule has 0 atom stereocenters. The number of nitrogens with zero attached hydrogens (tertiary/aromatic N) is 2. The standard InChI is InChI=1S/C20H17BrN4O3S/c21-13-7-9-14(10-8-13)22-17(26)11-28-16-4-2-1-3-15(16)18(27)23-20-25-24-19(29-20)12-5-6-12/h1-4,7-10,12H,5-6,11H2,(H,22,26)(H,23,25,27). The van der Waals surface area contributed by atoms with Gasteiger partial charge in [0.2, 0.25) is 5.13 Å². The highest BCUT2D eigenvalue weighted by molar-refractivity contribution is 9.10. The van der Waals surface area contributed by atoms with Gasteiger partial charge in [0, 0.05) is 16.1 Å². The van der Waals surface area contributed by atoms with Crippen LogP contribution in [0.25, 0.3) is 0 Å². The van der Waals surface area contributed by atoms with E-state index in [0.717, 1.165) is 22.3 Å². The zero-order valence-electron chi connectivity index (χ0n) is 15.2. The van der Waals surface area contributed by atoms with Crippen molar-refractivity contribution in [1.29, 1.82) is 0 Å². The third-order valence-corrected chi connectivity index (χ3v) is 5.74.